The van der Waals surface area contributed by atoms with Crippen LogP contribution in [-0.4, -0.2) is 26.4 Å². The van der Waals surface area contributed by atoms with Crippen LogP contribution in [0.3, 0.4) is 0 Å². The Balaban J connectivity index is 1.70. The molecule has 0 aliphatic heterocycles. The van der Waals surface area contributed by atoms with E-state index in [0.29, 0.717) is 17.5 Å². The van der Waals surface area contributed by atoms with Crippen molar-refractivity contribution in [2.24, 2.45) is 0 Å². The van der Waals surface area contributed by atoms with Crippen LogP contribution >= 0.6 is 23.4 Å². The van der Waals surface area contributed by atoms with Crippen molar-refractivity contribution < 1.29 is 18.0 Å². The molecular weight excluding hydrogens is 437 g/mol. The van der Waals surface area contributed by atoms with E-state index in [1.165, 1.54) is 0 Å². The predicted molar refractivity (Wildman–Crippen MR) is 112 cm³/mol. The number of hydrogen-bond donors (Lipinski definition) is 1. The summed E-state index contributed by atoms with van der Waals surface area (Å²) in [5, 5.41) is 11.4. The van der Waals surface area contributed by atoms with Crippen LogP contribution in [0.25, 0.3) is 11.4 Å². The summed E-state index contributed by atoms with van der Waals surface area (Å²) in [7, 11) is 0. The SMILES string of the molecule is CCn1c(SCC(=O)Nc2cc(C(F)(F)F)ccc2Cl)nnc1-c1ccc(C)cc1. The van der Waals surface area contributed by atoms with E-state index in [0.717, 1.165) is 41.1 Å². The van der Waals surface area contributed by atoms with Crippen molar-refractivity contribution in [3.63, 3.8) is 0 Å². The van der Waals surface area contributed by atoms with E-state index in [9.17, 15) is 18.0 Å². The number of anilines is 1. The van der Waals surface area contributed by atoms with E-state index in [1.807, 2.05) is 42.7 Å². The van der Waals surface area contributed by atoms with Crippen molar-refractivity contribution in [3.05, 3.63) is 58.6 Å². The molecule has 3 rings (SSSR count). The summed E-state index contributed by atoms with van der Waals surface area (Å²) in [6.07, 6.45) is -4.53. The molecule has 5 nitrogen and oxygen atoms in total. The lowest BCUT2D eigenvalue weighted by Gasteiger charge is -2.12. The van der Waals surface area contributed by atoms with Gasteiger partial charge in [0.25, 0.3) is 0 Å². The molecule has 30 heavy (non-hydrogen) atoms. The molecule has 10 heteroatoms. The Labute approximate surface area is 180 Å². The number of halogens is 4. The van der Waals surface area contributed by atoms with Crippen LogP contribution in [0.15, 0.2) is 47.6 Å². The van der Waals surface area contributed by atoms with Gasteiger partial charge in [-0.1, -0.05) is 53.2 Å². The first-order chi connectivity index (χ1) is 14.2. The highest BCUT2D eigenvalue weighted by Crippen LogP contribution is 2.34. The van der Waals surface area contributed by atoms with Crippen LogP contribution in [0, 0.1) is 6.92 Å². The standard InChI is InChI=1S/C20H18ClF3N4OS/c1-3-28-18(13-6-4-12(2)5-7-13)26-27-19(28)30-11-17(29)25-16-10-14(20(22,23)24)8-9-15(16)21/h4-10H,3,11H2,1-2H3,(H,25,29). The number of hydrogen-bond acceptors (Lipinski definition) is 4. The van der Waals surface area contributed by atoms with Crippen molar-refractivity contribution in [1.82, 2.24) is 14.8 Å². The van der Waals surface area contributed by atoms with Crippen LogP contribution in [0.5, 0.6) is 0 Å². The quantitative estimate of drug-likeness (QED) is 0.487. The first-order valence-corrected chi connectivity index (χ1v) is 10.3. The monoisotopic (exact) mass is 454 g/mol. The Morgan fingerprint density at radius 1 is 1.17 bits per heavy atom. The molecule has 158 valence electrons. The third kappa shape index (κ3) is 5.14. The summed E-state index contributed by atoms with van der Waals surface area (Å²) >= 11 is 7.07. The fourth-order valence-corrected chi connectivity index (χ4v) is 3.68. The second-order valence-electron chi connectivity index (χ2n) is 6.45. The highest BCUT2D eigenvalue weighted by molar-refractivity contribution is 7.99. The minimum atomic E-state index is -4.53. The van der Waals surface area contributed by atoms with Crippen LogP contribution in [-0.2, 0) is 17.5 Å². The zero-order chi connectivity index (χ0) is 21.9. The molecule has 0 spiro atoms. The van der Waals surface area contributed by atoms with Gasteiger partial charge >= 0.3 is 6.18 Å². The van der Waals surface area contributed by atoms with Crippen LogP contribution in [0.1, 0.15) is 18.1 Å². The highest BCUT2D eigenvalue weighted by atomic mass is 35.5. The van der Waals surface area contributed by atoms with E-state index >= 15 is 0 Å². The summed E-state index contributed by atoms with van der Waals surface area (Å²) in [5.74, 6) is 0.128. The third-order valence-electron chi connectivity index (χ3n) is 4.24. The molecule has 0 unspecified atom stereocenters. The lowest BCUT2D eigenvalue weighted by Crippen LogP contribution is -2.16. The van der Waals surface area contributed by atoms with Gasteiger partial charge in [0.2, 0.25) is 5.91 Å². The van der Waals surface area contributed by atoms with Crippen molar-refractivity contribution in [3.8, 4) is 11.4 Å². The van der Waals surface area contributed by atoms with Gasteiger partial charge in [-0.15, -0.1) is 10.2 Å². The van der Waals surface area contributed by atoms with Gasteiger partial charge in [-0.05, 0) is 32.0 Å². The van der Waals surface area contributed by atoms with Crippen molar-refractivity contribution in [2.45, 2.75) is 31.7 Å². The largest absolute Gasteiger partial charge is 0.416 e. The maximum absolute atomic E-state index is 12.9. The first kappa shape index (κ1) is 22.2. The molecule has 1 N–H and O–H groups in total. The van der Waals surface area contributed by atoms with Crippen LogP contribution in [0.2, 0.25) is 5.02 Å². The fourth-order valence-electron chi connectivity index (χ4n) is 2.71. The number of alkyl halides is 3. The van der Waals surface area contributed by atoms with Crippen LogP contribution < -0.4 is 5.32 Å². The van der Waals surface area contributed by atoms with Crippen molar-refractivity contribution >= 4 is 35.0 Å². The van der Waals surface area contributed by atoms with Gasteiger partial charge in [0, 0.05) is 12.1 Å². The zero-order valence-electron chi connectivity index (χ0n) is 16.1. The molecule has 1 heterocycles. The number of nitrogens with one attached hydrogen (secondary N) is 1. The van der Waals surface area contributed by atoms with E-state index in [1.54, 1.807) is 0 Å². The van der Waals surface area contributed by atoms with E-state index in [4.69, 9.17) is 11.6 Å². The minimum absolute atomic E-state index is 0.0275. The summed E-state index contributed by atoms with van der Waals surface area (Å²) in [6.45, 7) is 4.53. The van der Waals surface area contributed by atoms with Gasteiger partial charge in [0.05, 0.1) is 22.0 Å². The fraction of sp³-hybridized carbons (Fsp3) is 0.250. The normalized spacial score (nSPS) is 11.5. The van der Waals surface area contributed by atoms with Gasteiger partial charge in [0.15, 0.2) is 11.0 Å². The number of nitrogens with zero attached hydrogens (tertiary/aromatic N) is 3. The molecule has 0 fully saturated rings. The van der Waals surface area contributed by atoms with Gasteiger partial charge in [-0.25, -0.2) is 0 Å². The average Bonchev–Trinajstić information content (AvgIpc) is 3.10. The molecule has 0 saturated carbocycles. The van der Waals surface area contributed by atoms with E-state index in [-0.39, 0.29) is 16.5 Å². The molecule has 1 amide bonds. The molecule has 0 bridgehead atoms. The molecule has 1 aromatic heterocycles. The molecule has 0 aliphatic carbocycles. The average molecular weight is 455 g/mol. The van der Waals surface area contributed by atoms with Crippen LogP contribution in [0.4, 0.5) is 18.9 Å². The lowest BCUT2D eigenvalue weighted by atomic mass is 10.1. The summed E-state index contributed by atoms with van der Waals surface area (Å²) in [6, 6.07) is 10.6. The Hall–Kier alpha value is -2.52. The highest BCUT2D eigenvalue weighted by Gasteiger charge is 2.31. The number of thioether (sulfide) groups is 1. The third-order valence-corrected chi connectivity index (χ3v) is 5.54. The molecule has 2 aromatic carbocycles. The van der Waals surface area contributed by atoms with Gasteiger partial charge in [-0.2, -0.15) is 13.2 Å². The number of carbonyl (C=O) groups excluding carboxylic acids is 1. The number of carbonyl (C=O) groups is 1. The van der Waals surface area contributed by atoms with Gasteiger partial charge < -0.3 is 9.88 Å². The Kier molecular flexibility index (Phi) is 6.72. The molecular formula is C20H18ClF3N4OS. The number of aryl methyl sites for hydroxylation is 1. The Bertz CT molecular complexity index is 1050. The number of benzene rings is 2. The van der Waals surface area contributed by atoms with E-state index < -0.39 is 17.6 Å². The maximum atomic E-state index is 12.9. The number of amides is 1. The van der Waals surface area contributed by atoms with E-state index in [2.05, 4.69) is 15.5 Å². The van der Waals surface area contributed by atoms with Gasteiger partial charge in [0.1, 0.15) is 0 Å². The maximum Gasteiger partial charge on any atom is 0.416 e. The number of aromatic nitrogens is 3. The summed E-state index contributed by atoms with van der Waals surface area (Å²) < 4.78 is 40.5. The second-order valence-corrected chi connectivity index (χ2v) is 7.80. The molecule has 3 aromatic rings. The second kappa shape index (κ2) is 9.09. The zero-order valence-corrected chi connectivity index (χ0v) is 17.7. The predicted octanol–water partition coefficient (Wildman–Crippen LogP) is 5.68. The van der Waals surface area contributed by atoms with Crippen molar-refractivity contribution in [2.75, 3.05) is 11.1 Å². The molecule has 0 radical (unpaired) electrons. The Morgan fingerprint density at radius 3 is 2.50 bits per heavy atom. The topological polar surface area (TPSA) is 59.8 Å². The molecule has 0 atom stereocenters. The van der Waals surface area contributed by atoms with Crippen molar-refractivity contribution in [1.29, 1.82) is 0 Å². The summed E-state index contributed by atoms with van der Waals surface area (Å²) in [4.78, 5) is 12.3. The minimum Gasteiger partial charge on any atom is -0.324 e. The molecule has 0 saturated heterocycles. The first-order valence-electron chi connectivity index (χ1n) is 8.98. The smallest absolute Gasteiger partial charge is 0.324 e. The lowest BCUT2D eigenvalue weighted by molar-refractivity contribution is -0.137. The van der Waals surface area contributed by atoms with Gasteiger partial charge in [-0.3, -0.25) is 4.79 Å². The number of rotatable bonds is 6. The Morgan fingerprint density at radius 2 is 1.87 bits per heavy atom. The molecule has 0 aliphatic rings. The summed E-state index contributed by atoms with van der Waals surface area (Å²) in [5.41, 5.74) is 1.06.